The quantitative estimate of drug-likeness (QED) is 0.643. The van der Waals surface area contributed by atoms with Crippen molar-refractivity contribution in [1.29, 1.82) is 0 Å². The Morgan fingerprint density at radius 1 is 1.41 bits per heavy atom. The van der Waals surface area contributed by atoms with E-state index in [2.05, 4.69) is 15.2 Å². The number of aryl methyl sites for hydroxylation is 1. The molecule has 1 aliphatic heterocycles. The van der Waals surface area contributed by atoms with Crippen molar-refractivity contribution in [3.63, 3.8) is 0 Å². The van der Waals surface area contributed by atoms with Gasteiger partial charge >= 0.3 is 0 Å². The minimum Gasteiger partial charge on any atom is -0.342 e. The van der Waals surface area contributed by atoms with Crippen LogP contribution in [-0.4, -0.2) is 43.8 Å². The maximum absolute atomic E-state index is 13.6. The van der Waals surface area contributed by atoms with Crippen molar-refractivity contribution in [3.05, 3.63) is 41.5 Å². The number of hydrogen-bond acceptors (Lipinski definition) is 5. The molecule has 1 saturated heterocycles. The van der Waals surface area contributed by atoms with Gasteiger partial charge in [-0.25, -0.2) is 13.8 Å². The first-order valence-corrected chi connectivity index (χ1v) is 9.76. The molecule has 154 valence electrons. The maximum Gasteiger partial charge on any atom is 0.264 e. The minimum atomic E-state index is -2.64. The maximum atomic E-state index is 13.6. The molecule has 0 spiro atoms. The normalized spacial score (nSPS) is 18.5. The van der Waals surface area contributed by atoms with E-state index in [0.717, 1.165) is 12.8 Å². The number of aromatic nitrogens is 4. The number of alkyl halides is 2. The van der Waals surface area contributed by atoms with E-state index in [4.69, 9.17) is 4.52 Å². The lowest BCUT2D eigenvalue weighted by Gasteiger charge is -2.33. The van der Waals surface area contributed by atoms with Gasteiger partial charge in [-0.3, -0.25) is 9.48 Å². The second-order valence-corrected chi connectivity index (χ2v) is 7.60. The van der Waals surface area contributed by atoms with Crippen molar-refractivity contribution in [2.45, 2.75) is 51.5 Å². The summed E-state index contributed by atoms with van der Waals surface area (Å²) in [5.74, 6) is -0.0802. The standard InChI is InChI=1S/C20H23F2N5O2/c1-12(27-8-4-6-23-27)9-17(28)26-7-3-5-14(11-26)16-10-15(19(21)22)18-13(2)25-29-20(18)24-16/h4,6,8,10,12,14,19H,3,5,7,9,11H2,1-2H3/t12-,14-/m0/s1. The fraction of sp³-hybridized carbons (Fsp3) is 0.500. The minimum absolute atomic E-state index is 0.0309. The summed E-state index contributed by atoms with van der Waals surface area (Å²) in [5.41, 5.74) is 0.953. The van der Waals surface area contributed by atoms with Gasteiger partial charge in [-0.15, -0.1) is 0 Å². The summed E-state index contributed by atoms with van der Waals surface area (Å²) in [5, 5.41) is 8.24. The average molecular weight is 403 g/mol. The largest absolute Gasteiger partial charge is 0.342 e. The number of carbonyl (C=O) groups is 1. The van der Waals surface area contributed by atoms with Crippen molar-refractivity contribution in [3.8, 4) is 0 Å². The Morgan fingerprint density at radius 3 is 2.97 bits per heavy atom. The molecule has 1 amide bonds. The lowest BCUT2D eigenvalue weighted by Crippen LogP contribution is -2.40. The van der Waals surface area contributed by atoms with E-state index >= 15 is 0 Å². The Hall–Kier alpha value is -2.84. The van der Waals surface area contributed by atoms with Crippen LogP contribution >= 0.6 is 0 Å². The fourth-order valence-electron chi connectivity index (χ4n) is 3.99. The van der Waals surface area contributed by atoms with E-state index in [1.807, 2.05) is 19.2 Å². The predicted molar refractivity (Wildman–Crippen MR) is 102 cm³/mol. The molecule has 3 aromatic rings. The van der Waals surface area contributed by atoms with Crippen LogP contribution in [-0.2, 0) is 4.79 Å². The van der Waals surface area contributed by atoms with Gasteiger partial charge in [0.2, 0.25) is 5.91 Å². The molecular formula is C20H23F2N5O2. The monoisotopic (exact) mass is 403 g/mol. The highest BCUT2D eigenvalue weighted by molar-refractivity contribution is 5.80. The lowest BCUT2D eigenvalue weighted by molar-refractivity contribution is -0.133. The van der Waals surface area contributed by atoms with E-state index in [9.17, 15) is 13.6 Å². The summed E-state index contributed by atoms with van der Waals surface area (Å²) in [6.45, 7) is 4.69. The van der Waals surface area contributed by atoms with Gasteiger partial charge in [0.05, 0.1) is 17.1 Å². The molecule has 2 atom stereocenters. The molecule has 0 radical (unpaired) electrons. The third kappa shape index (κ3) is 3.86. The molecule has 4 heterocycles. The highest BCUT2D eigenvalue weighted by Gasteiger charge is 2.29. The van der Waals surface area contributed by atoms with Crippen LogP contribution in [0.3, 0.4) is 0 Å². The third-order valence-corrected chi connectivity index (χ3v) is 5.54. The van der Waals surface area contributed by atoms with E-state index < -0.39 is 6.43 Å². The zero-order chi connectivity index (χ0) is 20.5. The summed E-state index contributed by atoms with van der Waals surface area (Å²) in [7, 11) is 0. The SMILES string of the molecule is Cc1noc2nc([C@H]3CCCN(C(=O)C[C@H](C)n4cccn4)C3)cc(C(F)F)c12. The molecule has 4 rings (SSSR count). The van der Waals surface area contributed by atoms with Crippen LogP contribution in [0.2, 0.25) is 0 Å². The third-order valence-electron chi connectivity index (χ3n) is 5.54. The van der Waals surface area contributed by atoms with Crippen LogP contribution in [0.15, 0.2) is 29.0 Å². The van der Waals surface area contributed by atoms with Crippen molar-refractivity contribution in [2.24, 2.45) is 0 Å². The van der Waals surface area contributed by atoms with Crippen LogP contribution in [0, 0.1) is 6.92 Å². The van der Waals surface area contributed by atoms with E-state index in [-0.39, 0.29) is 34.5 Å². The molecule has 0 saturated carbocycles. The second-order valence-electron chi connectivity index (χ2n) is 7.60. The Balaban J connectivity index is 1.53. The molecular weight excluding hydrogens is 380 g/mol. The number of pyridine rings is 1. The summed E-state index contributed by atoms with van der Waals surface area (Å²) in [6.07, 6.45) is 2.80. The highest BCUT2D eigenvalue weighted by atomic mass is 19.3. The van der Waals surface area contributed by atoms with E-state index in [1.54, 1.807) is 22.7 Å². The molecule has 0 bridgehead atoms. The zero-order valence-corrected chi connectivity index (χ0v) is 16.4. The molecule has 0 N–H and O–H groups in total. The number of fused-ring (bicyclic) bond motifs is 1. The Bertz CT molecular complexity index is 1000. The molecule has 9 heteroatoms. The molecule has 1 aliphatic rings. The van der Waals surface area contributed by atoms with Gasteiger partial charge in [-0.2, -0.15) is 5.10 Å². The predicted octanol–water partition coefficient (Wildman–Crippen LogP) is 4.02. The molecule has 29 heavy (non-hydrogen) atoms. The lowest BCUT2D eigenvalue weighted by atomic mass is 9.92. The van der Waals surface area contributed by atoms with Gasteiger partial charge in [0.25, 0.3) is 12.1 Å². The number of likely N-dealkylation sites (tertiary alicyclic amines) is 1. The Morgan fingerprint density at radius 2 is 2.24 bits per heavy atom. The first-order chi connectivity index (χ1) is 13.9. The van der Waals surface area contributed by atoms with Crippen LogP contribution < -0.4 is 0 Å². The zero-order valence-electron chi connectivity index (χ0n) is 16.4. The second kappa shape index (κ2) is 7.88. The summed E-state index contributed by atoms with van der Waals surface area (Å²) in [4.78, 5) is 19.0. The summed E-state index contributed by atoms with van der Waals surface area (Å²) < 4.78 is 34.1. The molecule has 3 aromatic heterocycles. The van der Waals surface area contributed by atoms with Crippen LogP contribution in [0.5, 0.6) is 0 Å². The molecule has 1 fully saturated rings. The van der Waals surface area contributed by atoms with Crippen molar-refractivity contribution >= 4 is 17.0 Å². The Kier molecular flexibility index (Phi) is 5.29. The van der Waals surface area contributed by atoms with Crippen LogP contribution in [0.4, 0.5) is 8.78 Å². The number of rotatable bonds is 5. The molecule has 7 nitrogen and oxygen atoms in total. The van der Waals surface area contributed by atoms with Gasteiger partial charge < -0.3 is 9.42 Å². The fourth-order valence-corrected chi connectivity index (χ4v) is 3.99. The van der Waals surface area contributed by atoms with E-state index in [1.165, 1.54) is 6.07 Å². The van der Waals surface area contributed by atoms with Gasteiger partial charge in [0.15, 0.2) is 0 Å². The van der Waals surface area contributed by atoms with Gasteiger partial charge in [-0.1, -0.05) is 5.16 Å². The number of halogens is 2. The Labute approximate surface area is 166 Å². The topological polar surface area (TPSA) is 77.0 Å². The molecule has 0 aliphatic carbocycles. The first kappa shape index (κ1) is 19.5. The van der Waals surface area contributed by atoms with Crippen molar-refractivity contribution in [1.82, 2.24) is 24.8 Å². The van der Waals surface area contributed by atoms with Gasteiger partial charge in [0, 0.05) is 49.1 Å². The molecule has 0 unspecified atom stereocenters. The van der Waals surface area contributed by atoms with Gasteiger partial charge in [-0.05, 0) is 38.8 Å². The first-order valence-electron chi connectivity index (χ1n) is 9.76. The number of carbonyl (C=O) groups excluding carboxylic acids is 1. The summed E-state index contributed by atoms with van der Waals surface area (Å²) >= 11 is 0. The van der Waals surface area contributed by atoms with Crippen LogP contribution in [0.25, 0.3) is 11.1 Å². The summed E-state index contributed by atoms with van der Waals surface area (Å²) in [6, 6.07) is 3.23. The molecule has 0 aromatic carbocycles. The number of nitrogens with zero attached hydrogens (tertiary/aromatic N) is 5. The smallest absolute Gasteiger partial charge is 0.264 e. The van der Waals surface area contributed by atoms with Gasteiger partial charge in [0.1, 0.15) is 0 Å². The number of amides is 1. The number of hydrogen-bond donors (Lipinski definition) is 0. The highest BCUT2D eigenvalue weighted by Crippen LogP contribution is 2.34. The number of piperidine rings is 1. The average Bonchev–Trinajstić information content (AvgIpc) is 3.38. The van der Waals surface area contributed by atoms with E-state index in [0.29, 0.717) is 30.9 Å². The van der Waals surface area contributed by atoms with Crippen molar-refractivity contribution in [2.75, 3.05) is 13.1 Å². The van der Waals surface area contributed by atoms with Crippen LogP contribution in [0.1, 0.15) is 61.5 Å². The van der Waals surface area contributed by atoms with Crippen molar-refractivity contribution < 1.29 is 18.1 Å².